The van der Waals surface area contributed by atoms with Gasteiger partial charge in [-0.3, -0.25) is 14.9 Å². The van der Waals surface area contributed by atoms with Crippen molar-refractivity contribution >= 4 is 11.6 Å². The first kappa shape index (κ1) is 13.3. The van der Waals surface area contributed by atoms with Crippen LogP contribution < -0.4 is 10.6 Å². The molecule has 1 aliphatic rings. The number of benzene rings is 1. The zero-order valence-corrected chi connectivity index (χ0v) is 10.3. The van der Waals surface area contributed by atoms with Crippen molar-refractivity contribution < 1.29 is 14.8 Å². The highest BCUT2D eigenvalue weighted by Gasteiger charge is 2.18. The van der Waals surface area contributed by atoms with Crippen LogP contribution in [-0.2, 0) is 0 Å². The standard InChI is InChI=1S/C12H15N3O4/c16-11-6-8(3-4-10(11)15(18)19)12(17)14-7-9-2-1-5-13-9/h3-4,6,9,13,16H,1-2,5,7H2,(H,14,17). The van der Waals surface area contributed by atoms with E-state index >= 15 is 0 Å². The molecule has 1 aliphatic heterocycles. The van der Waals surface area contributed by atoms with Gasteiger partial charge in [-0.1, -0.05) is 0 Å². The minimum Gasteiger partial charge on any atom is -0.502 e. The number of nitrogens with zero attached hydrogens (tertiary/aromatic N) is 1. The molecule has 19 heavy (non-hydrogen) atoms. The van der Waals surface area contributed by atoms with Crippen molar-refractivity contribution in [3.05, 3.63) is 33.9 Å². The van der Waals surface area contributed by atoms with Crippen molar-refractivity contribution in [3.63, 3.8) is 0 Å². The van der Waals surface area contributed by atoms with Gasteiger partial charge in [0.05, 0.1) is 4.92 Å². The van der Waals surface area contributed by atoms with Crippen molar-refractivity contribution in [3.8, 4) is 5.75 Å². The van der Waals surface area contributed by atoms with Gasteiger partial charge in [-0.2, -0.15) is 0 Å². The summed E-state index contributed by atoms with van der Waals surface area (Å²) in [7, 11) is 0. The van der Waals surface area contributed by atoms with Crippen LogP contribution >= 0.6 is 0 Å². The Morgan fingerprint density at radius 3 is 2.95 bits per heavy atom. The number of phenols is 1. The lowest BCUT2D eigenvalue weighted by Crippen LogP contribution is -2.37. The number of amides is 1. The third kappa shape index (κ3) is 3.19. The van der Waals surface area contributed by atoms with E-state index in [-0.39, 0.29) is 17.5 Å². The highest BCUT2D eigenvalue weighted by molar-refractivity contribution is 5.95. The molecule has 1 saturated heterocycles. The van der Waals surface area contributed by atoms with Crippen molar-refractivity contribution in [2.24, 2.45) is 0 Å². The minimum absolute atomic E-state index is 0.209. The van der Waals surface area contributed by atoms with Gasteiger partial charge in [0, 0.05) is 24.2 Å². The Bertz CT molecular complexity index is 498. The zero-order valence-electron chi connectivity index (χ0n) is 10.3. The van der Waals surface area contributed by atoms with E-state index in [0.717, 1.165) is 31.5 Å². The Hall–Kier alpha value is -2.15. The lowest BCUT2D eigenvalue weighted by molar-refractivity contribution is -0.385. The lowest BCUT2D eigenvalue weighted by atomic mass is 10.1. The Morgan fingerprint density at radius 2 is 2.37 bits per heavy atom. The lowest BCUT2D eigenvalue weighted by Gasteiger charge is -2.11. The molecule has 0 radical (unpaired) electrons. The first-order valence-corrected chi connectivity index (χ1v) is 6.07. The van der Waals surface area contributed by atoms with E-state index in [2.05, 4.69) is 10.6 Å². The highest BCUT2D eigenvalue weighted by Crippen LogP contribution is 2.26. The number of phenolic OH excluding ortho intramolecular Hbond substituents is 1. The Balaban J connectivity index is 1.98. The average Bonchev–Trinajstić information content (AvgIpc) is 2.88. The molecule has 1 amide bonds. The number of hydrogen-bond donors (Lipinski definition) is 3. The largest absolute Gasteiger partial charge is 0.502 e. The second kappa shape index (κ2) is 5.66. The number of nitro benzene ring substituents is 1. The molecule has 0 bridgehead atoms. The summed E-state index contributed by atoms with van der Waals surface area (Å²) in [5.74, 6) is -0.851. The molecule has 1 heterocycles. The fraction of sp³-hybridized carbons (Fsp3) is 0.417. The van der Waals surface area contributed by atoms with Crippen molar-refractivity contribution in [2.75, 3.05) is 13.1 Å². The van der Waals surface area contributed by atoms with Gasteiger partial charge >= 0.3 is 5.69 Å². The Labute approximate surface area is 109 Å². The molecule has 7 heteroatoms. The topological polar surface area (TPSA) is 104 Å². The number of hydrogen-bond acceptors (Lipinski definition) is 5. The number of carbonyl (C=O) groups is 1. The maximum atomic E-state index is 11.8. The van der Waals surface area contributed by atoms with Crippen LogP contribution in [0.1, 0.15) is 23.2 Å². The van der Waals surface area contributed by atoms with E-state index in [9.17, 15) is 20.0 Å². The summed E-state index contributed by atoms with van der Waals surface area (Å²) >= 11 is 0. The molecule has 3 N–H and O–H groups in total. The molecule has 0 aromatic heterocycles. The van der Waals surface area contributed by atoms with E-state index in [1.165, 1.54) is 6.07 Å². The first-order chi connectivity index (χ1) is 9.08. The molecule has 2 rings (SSSR count). The Morgan fingerprint density at radius 1 is 1.58 bits per heavy atom. The maximum Gasteiger partial charge on any atom is 0.310 e. The molecule has 1 aromatic rings. The van der Waals surface area contributed by atoms with Gasteiger partial charge in [-0.25, -0.2) is 0 Å². The molecule has 102 valence electrons. The highest BCUT2D eigenvalue weighted by atomic mass is 16.6. The second-order valence-electron chi connectivity index (χ2n) is 4.46. The molecule has 1 aromatic carbocycles. The van der Waals surface area contributed by atoms with Crippen LogP contribution in [0.3, 0.4) is 0 Å². The predicted molar refractivity (Wildman–Crippen MR) is 68.1 cm³/mol. The van der Waals surface area contributed by atoms with Crippen LogP contribution in [0, 0.1) is 10.1 Å². The smallest absolute Gasteiger partial charge is 0.310 e. The number of carbonyl (C=O) groups excluding carboxylic acids is 1. The molecular formula is C12H15N3O4. The van der Waals surface area contributed by atoms with Crippen LogP contribution in [0.2, 0.25) is 0 Å². The quantitative estimate of drug-likeness (QED) is 0.551. The van der Waals surface area contributed by atoms with Crippen LogP contribution in [-0.4, -0.2) is 35.1 Å². The number of aromatic hydroxyl groups is 1. The third-order valence-electron chi connectivity index (χ3n) is 3.11. The van der Waals surface area contributed by atoms with Gasteiger partial charge in [0.25, 0.3) is 5.91 Å². The zero-order chi connectivity index (χ0) is 13.8. The second-order valence-corrected chi connectivity index (χ2v) is 4.46. The van der Waals surface area contributed by atoms with E-state index in [4.69, 9.17) is 0 Å². The summed E-state index contributed by atoms with van der Waals surface area (Å²) in [4.78, 5) is 21.7. The van der Waals surface area contributed by atoms with Crippen molar-refractivity contribution in [1.29, 1.82) is 0 Å². The fourth-order valence-electron chi connectivity index (χ4n) is 2.07. The van der Waals surface area contributed by atoms with Gasteiger partial charge in [0.15, 0.2) is 5.75 Å². The van der Waals surface area contributed by atoms with Gasteiger partial charge < -0.3 is 15.7 Å². The maximum absolute atomic E-state index is 11.8. The molecule has 1 atom stereocenters. The van der Waals surface area contributed by atoms with Gasteiger partial charge in [-0.05, 0) is 31.5 Å². The third-order valence-corrected chi connectivity index (χ3v) is 3.11. The summed E-state index contributed by atoms with van der Waals surface area (Å²) < 4.78 is 0. The van der Waals surface area contributed by atoms with Crippen LogP contribution in [0.4, 0.5) is 5.69 Å². The molecular weight excluding hydrogens is 250 g/mol. The minimum atomic E-state index is -0.695. The van der Waals surface area contributed by atoms with Crippen LogP contribution in [0.15, 0.2) is 18.2 Å². The fourth-order valence-corrected chi connectivity index (χ4v) is 2.07. The van der Waals surface area contributed by atoms with Crippen LogP contribution in [0.5, 0.6) is 5.75 Å². The molecule has 7 nitrogen and oxygen atoms in total. The summed E-state index contributed by atoms with van der Waals surface area (Å²) in [6, 6.07) is 3.83. The van der Waals surface area contributed by atoms with E-state index in [1.54, 1.807) is 0 Å². The molecule has 1 fully saturated rings. The predicted octanol–water partition coefficient (Wildman–Crippen LogP) is 0.782. The van der Waals surface area contributed by atoms with Crippen molar-refractivity contribution in [2.45, 2.75) is 18.9 Å². The molecule has 0 spiro atoms. The van der Waals surface area contributed by atoms with E-state index in [0.29, 0.717) is 6.54 Å². The molecule has 0 aliphatic carbocycles. The summed E-state index contributed by atoms with van der Waals surface area (Å²) in [6.45, 7) is 1.47. The molecule has 1 unspecified atom stereocenters. The molecule has 0 saturated carbocycles. The number of rotatable bonds is 4. The number of nitro groups is 1. The van der Waals surface area contributed by atoms with Gasteiger partial charge in [-0.15, -0.1) is 0 Å². The van der Waals surface area contributed by atoms with E-state index < -0.39 is 16.4 Å². The Kier molecular flexibility index (Phi) is 3.96. The normalized spacial score (nSPS) is 18.2. The van der Waals surface area contributed by atoms with Crippen molar-refractivity contribution in [1.82, 2.24) is 10.6 Å². The summed E-state index contributed by atoms with van der Waals surface area (Å²) in [6.07, 6.45) is 2.12. The first-order valence-electron chi connectivity index (χ1n) is 6.07. The summed E-state index contributed by atoms with van der Waals surface area (Å²) in [5.41, 5.74) is -0.199. The number of nitrogens with one attached hydrogen (secondary N) is 2. The van der Waals surface area contributed by atoms with Crippen LogP contribution in [0.25, 0.3) is 0 Å². The average molecular weight is 265 g/mol. The van der Waals surface area contributed by atoms with Gasteiger partial charge in [0.1, 0.15) is 0 Å². The SMILES string of the molecule is O=C(NCC1CCCN1)c1ccc([N+](=O)[O-])c(O)c1. The summed E-state index contributed by atoms with van der Waals surface area (Å²) in [5, 5.41) is 26.0. The van der Waals surface area contributed by atoms with E-state index in [1.807, 2.05) is 0 Å². The monoisotopic (exact) mass is 265 g/mol. The van der Waals surface area contributed by atoms with Gasteiger partial charge in [0.2, 0.25) is 0 Å².